The van der Waals surface area contributed by atoms with Crippen LogP contribution in [-0.4, -0.2) is 37.0 Å². The second-order valence-corrected chi connectivity index (χ2v) is 3.95. The lowest BCUT2D eigenvalue weighted by Crippen LogP contribution is -2.35. The molecule has 0 N–H and O–H groups in total. The largest absolute Gasteiger partial charge is 0.379 e. The first-order valence-corrected chi connectivity index (χ1v) is 5.44. The molecule has 0 spiro atoms. The van der Waals surface area contributed by atoms with Crippen LogP contribution in [0.5, 0.6) is 0 Å². The molecule has 1 aliphatic rings. The van der Waals surface area contributed by atoms with Gasteiger partial charge in [-0.15, -0.1) is 0 Å². The van der Waals surface area contributed by atoms with Crippen LogP contribution in [0.4, 0.5) is 0 Å². The van der Waals surface area contributed by atoms with Crippen molar-refractivity contribution in [3.05, 3.63) is 42.3 Å². The summed E-state index contributed by atoms with van der Waals surface area (Å²) in [5, 5.41) is 0. The average Bonchev–Trinajstić information content (AvgIpc) is 2.31. The maximum atomic E-state index is 10.9. The van der Waals surface area contributed by atoms with E-state index in [9.17, 15) is 4.79 Å². The molecule has 3 heteroatoms. The Morgan fingerprint density at radius 1 is 1.25 bits per heavy atom. The van der Waals surface area contributed by atoms with E-state index in [1.807, 2.05) is 12.1 Å². The Hall–Kier alpha value is -1.19. The van der Waals surface area contributed by atoms with Crippen molar-refractivity contribution >= 4 is 5.78 Å². The van der Waals surface area contributed by atoms with Gasteiger partial charge >= 0.3 is 0 Å². The third-order valence-electron chi connectivity index (χ3n) is 2.75. The lowest BCUT2D eigenvalue weighted by atomic mass is 10.1. The number of hydrogen-bond acceptors (Lipinski definition) is 3. The molecule has 0 aromatic heterocycles. The first-order valence-electron chi connectivity index (χ1n) is 5.44. The zero-order valence-corrected chi connectivity index (χ0v) is 9.19. The molecule has 1 aromatic rings. The molecule has 0 unspecified atom stereocenters. The molecule has 2 radical (unpaired) electrons. The first kappa shape index (κ1) is 11.3. The highest BCUT2D eigenvalue weighted by molar-refractivity contribution is 5.99. The second-order valence-electron chi connectivity index (χ2n) is 3.95. The van der Waals surface area contributed by atoms with Gasteiger partial charge in [-0.3, -0.25) is 9.69 Å². The number of carbonyl (C=O) groups is 1. The van der Waals surface area contributed by atoms with Crippen molar-refractivity contribution in [2.45, 2.75) is 6.54 Å². The van der Waals surface area contributed by atoms with E-state index in [4.69, 9.17) is 11.7 Å². The SMILES string of the molecule is [CH]C(=O)c1ccc(CN2CCOCC2)cc1. The van der Waals surface area contributed by atoms with Gasteiger partial charge in [0.15, 0.2) is 5.78 Å². The predicted octanol–water partition coefficient (Wildman–Crippen LogP) is 1.41. The average molecular weight is 217 g/mol. The van der Waals surface area contributed by atoms with Crippen LogP contribution < -0.4 is 0 Å². The van der Waals surface area contributed by atoms with Crippen molar-refractivity contribution < 1.29 is 9.53 Å². The summed E-state index contributed by atoms with van der Waals surface area (Å²) < 4.78 is 5.29. The highest BCUT2D eigenvalue weighted by Crippen LogP contribution is 2.09. The zero-order valence-electron chi connectivity index (χ0n) is 9.19. The van der Waals surface area contributed by atoms with Gasteiger partial charge in [0.05, 0.1) is 13.2 Å². The molecule has 16 heavy (non-hydrogen) atoms. The molecule has 1 saturated heterocycles. The summed E-state index contributed by atoms with van der Waals surface area (Å²) >= 11 is 0. The summed E-state index contributed by atoms with van der Waals surface area (Å²) in [7, 11) is 0. The highest BCUT2D eigenvalue weighted by Gasteiger charge is 2.10. The van der Waals surface area contributed by atoms with E-state index < -0.39 is 0 Å². The van der Waals surface area contributed by atoms with Crippen LogP contribution in [-0.2, 0) is 11.3 Å². The maximum absolute atomic E-state index is 10.9. The number of carbonyl (C=O) groups excluding carboxylic acids is 1. The van der Waals surface area contributed by atoms with Gasteiger partial charge in [0.2, 0.25) is 0 Å². The number of hydrogen-bond donors (Lipinski definition) is 0. The molecular weight excluding hydrogens is 202 g/mol. The number of nitrogens with zero attached hydrogens (tertiary/aromatic N) is 1. The minimum atomic E-state index is -0.377. The Bertz CT molecular complexity index is 353. The topological polar surface area (TPSA) is 29.5 Å². The van der Waals surface area contributed by atoms with Crippen LogP contribution in [0.1, 0.15) is 15.9 Å². The summed E-state index contributed by atoms with van der Waals surface area (Å²) in [6.45, 7) is 9.64. The number of morpholine rings is 1. The number of ether oxygens (including phenoxy) is 1. The summed E-state index contributed by atoms with van der Waals surface area (Å²) in [5.41, 5.74) is 1.76. The molecule has 84 valence electrons. The number of ketones is 1. The van der Waals surface area contributed by atoms with Gasteiger partial charge in [-0.1, -0.05) is 24.3 Å². The van der Waals surface area contributed by atoms with Gasteiger partial charge in [0, 0.05) is 32.1 Å². The summed E-state index contributed by atoms with van der Waals surface area (Å²) in [5.74, 6) is -0.377. The molecule has 1 fully saturated rings. The van der Waals surface area contributed by atoms with E-state index in [-0.39, 0.29) is 5.78 Å². The third kappa shape index (κ3) is 2.90. The summed E-state index contributed by atoms with van der Waals surface area (Å²) in [4.78, 5) is 13.2. The standard InChI is InChI=1S/C13H15NO2/c1-11(15)13-4-2-12(3-5-13)10-14-6-8-16-9-7-14/h1-5H,6-10H2. The van der Waals surface area contributed by atoms with Gasteiger partial charge in [-0.05, 0) is 5.56 Å². The molecular formula is C13H15NO2. The normalized spacial score (nSPS) is 17.3. The van der Waals surface area contributed by atoms with Crippen LogP contribution in [0, 0.1) is 6.92 Å². The molecule has 0 bridgehead atoms. The van der Waals surface area contributed by atoms with E-state index >= 15 is 0 Å². The fourth-order valence-electron chi connectivity index (χ4n) is 1.79. The quantitative estimate of drug-likeness (QED) is 0.717. The molecule has 0 amide bonds. The Balaban J connectivity index is 1.96. The minimum absolute atomic E-state index is 0.377. The van der Waals surface area contributed by atoms with E-state index in [1.165, 1.54) is 5.56 Å². The van der Waals surface area contributed by atoms with Crippen LogP contribution in [0.25, 0.3) is 0 Å². The van der Waals surface area contributed by atoms with Crippen molar-refractivity contribution in [2.75, 3.05) is 26.3 Å². The lowest BCUT2D eigenvalue weighted by molar-refractivity contribution is 0.0342. The van der Waals surface area contributed by atoms with Gasteiger partial charge in [-0.2, -0.15) is 0 Å². The second kappa shape index (κ2) is 5.23. The molecule has 1 aromatic carbocycles. The minimum Gasteiger partial charge on any atom is -0.379 e. The maximum Gasteiger partial charge on any atom is 0.167 e. The van der Waals surface area contributed by atoms with E-state index in [0.717, 1.165) is 32.8 Å². The van der Waals surface area contributed by atoms with Gasteiger partial charge in [0.1, 0.15) is 0 Å². The van der Waals surface area contributed by atoms with E-state index in [0.29, 0.717) is 5.56 Å². The smallest absolute Gasteiger partial charge is 0.167 e. The molecule has 0 atom stereocenters. The van der Waals surface area contributed by atoms with Crippen molar-refractivity contribution in [1.82, 2.24) is 4.90 Å². The summed E-state index contributed by atoms with van der Waals surface area (Å²) in [6.07, 6.45) is 0. The lowest BCUT2D eigenvalue weighted by Gasteiger charge is -2.26. The van der Waals surface area contributed by atoms with Crippen LogP contribution in [0.15, 0.2) is 24.3 Å². The first-order chi connectivity index (χ1) is 7.75. The van der Waals surface area contributed by atoms with Gasteiger partial charge in [-0.25, -0.2) is 0 Å². The number of rotatable bonds is 3. The molecule has 0 aliphatic carbocycles. The molecule has 1 aliphatic heterocycles. The van der Waals surface area contributed by atoms with Crippen molar-refractivity contribution in [1.29, 1.82) is 0 Å². The molecule has 2 rings (SSSR count). The zero-order chi connectivity index (χ0) is 11.4. The molecule has 1 heterocycles. The predicted molar refractivity (Wildman–Crippen MR) is 61.2 cm³/mol. The summed E-state index contributed by atoms with van der Waals surface area (Å²) in [6, 6.07) is 7.46. The molecule has 3 nitrogen and oxygen atoms in total. The van der Waals surface area contributed by atoms with Crippen LogP contribution in [0.3, 0.4) is 0 Å². The van der Waals surface area contributed by atoms with Crippen molar-refractivity contribution in [3.63, 3.8) is 0 Å². The van der Waals surface area contributed by atoms with Crippen molar-refractivity contribution in [2.24, 2.45) is 0 Å². The van der Waals surface area contributed by atoms with Gasteiger partial charge < -0.3 is 4.74 Å². The number of benzene rings is 1. The van der Waals surface area contributed by atoms with Crippen LogP contribution in [0.2, 0.25) is 0 Å². The van der Waals surface area contributed by atoms with Gasteiger partial charge in [0.25, 0.3) is 0 Å². The Kier molecular flexibility index (Phi) is 3.70. The fraction of sp³-hybridized carbons (Fsp3) is 0.385. The number of Topliss-reactive ketones (excluding diaryl/α,β-unsaturated/α-hetero) is 1. The highest BCUT2D eigenvalue weighted by atomic mass is 16.5. The van der Waals surface area contributed by atoms with Crippen LogP contribution >= 0.6 is 0 Å². The van der Waals surface area contributed by atoms with E-state index in [2.05, 4.69) is 4.90 Å². The fourth-order valence-corrected chi connectivity index (χ4v) is 1.79. The third-order valence-corrected chi connectivity index (χ3v) is 2.75. The Morgan fingerprint density at radius 3 is 2.44 bits per heavy atom. The van der Waals surface area contributed by atoms with Crippen molar-refractivity contribution in [3.8, 4) is 0 Å². The van der Waals surface area contributed by atoms with E-state index in [1.54, 1.807) is 12.1 Å². The monoisotopic (exact) mass is 217 g/mol. The molecule has 0 saturated carbocycles. The Labute approximate surface area is 96.0 Å². The Morgan fingerprint density at radius 2 is 1.88 bits per heavy atom.